The van der Waals surface area contributed by atoms with Gasteiger partial charge < -0.3 is 4.18 Å². The second-order valence-electron chi connectivity index (χ2n) is 5.36. The molecular weight excluding hydrogens is 350 g/mol. The van der Waals surface area contributed by atoms with Gasteiger partial charge in [-0.15, -0.1) is 0 Å². The van der Waals surface area contributed by atoms with Crippen molar-refractivity contribution in [3.63, 3.8) is 0 Å². The first kappa shape index (κ1) is 17.4. The van der Waals surface area contributed by atoms with Crippen molar-refractivity contribution >= 4 is 15.9 Å². The molecule has 0 bridgehead atoms. The van der Waals surface area contributed by atoms with E-state index in [0.717, 1.165) is 0 Å². The lowest BCUT2D eigenvalue weighted by molar-refractivity contribution is 0.103. The van der Waals surface area contributed by atoms with Gasteiger partial charge in [0.1, 0.15) is 16.7 Å². The summed E-state index contributed by atoms with van der Waals surface area (Å²) >= 11 is 0. The average molecular weight is 363 g/mol. The third-order valence-electron chi connectivity index (χ3n) is 3.64. The van der Waals surface area contributed by atoms with Gasteiger partial charge in [0.2, 0.25) is 0 Å². The molecule has 3 aromatic rings. The van der Waals surface area contributed by atoms with E-state index >= 15 is 0 Å². The molecule has 0 radical (unpaired) electrons. The zero-order valence-electron chi connectivity index (χ0n) is 13.5. The van der Waals surface area contributed by atoms with Crippen molar-refractivity contribution in [1.82, 2.24) is 0 Å². The molecule has 128 valence electrons. The highest BCUT2D eigenvalue weighted by molar-refractivity contribution is 7.87. The predicted octanol–water partition coefficient (Wildman–Crippen LogP) is 3.56. The van der Waals surface area contributed by atoms with Crippen LogP contribution in [0.3, 0.4) is 0 Å². The van der Waals surface area contributed by atoms with Gasteiger partial charge in [-0.1, -0.05) is 42.5 Å². The van der Waals surface area contributed by atoms with Crippen LogP contribution in [0, 0.1) is 11.3 Å². The molecule has 0 aliphatic heterocycles. The van der Waals surface area contributed by atoms with E-state index in [0.29, 0.717) is 11.1 Å². The molecule has 0 unspecified atom stereocenters. The van der Waals surface area contributed by atoms with E-state index in [1.165, 1.54) is 42.5 Å². The molecule has 6 heteroatoms. The van der Waals surface area contributed by atoms with E-state index in [1.54, 1.807) is 30.3 Å². The van der Waals surface area contributed by atoms with Crippen molar-refractivity contribution in [2.45, 2.75) is 4.90 Å². The van der Waals surface area contributed by atoms with E-state index in [4.69, 9.17) is 9.44 Å². The van der Waals surface area contributed by atoms with Crippen LogP contribution in [0.15, 0.2) is 83.8 Å². The molecule has 0 aliphatic carbocycles. The van der Waals surface area contributed by atoms with E-state index in [2.05, 4.69) is 0 Å². The summed E-state index contributed by atoms with van der Waals surface area (Å²) in [7, 11) is -4.15. The topological polar surface area (TPSA) is 84.2 Å². The number of ketones is 1. The quantitative estimate of drug-likeness (QED) is 0.511. The standard InChI is InChI=1S/C20H13NO4S/c21-14-17-8-4-5-9-19(17)26(23,24)25-18-12-10-16(11-13-18)20(22)15-6-2-1-3-7-15/h1-13H. The summed E-state index contributed by atoms with van der Waals surface area (Å²) in [5, 5.41) is 9.05. The number of benzene rings is 3. The number of rotatable bonds is 5. The maximum Gasteiger partial charge on any atom is 0.340 e. The van der Waals surface area contributed by atoms with Gasteiger partial charge in [0.05, 0.1) is 5.56 Å². The molecule has 3 rings (SSSR count). The minimum atomic E-state index is -4.15. The molecule has 0 spiro atoms. The predicted molar refractivity (Wildman–Crippen MR) is 95.3 cm³/mol. The smallest absolute Gasteiger partial charge is 0.340 e. The Labute approximate surface area is 151 Å². The van der Waals surface area contributed by atoms with E-state index in [1.807, 2.05) is 12.1 Å². The van der Waals surface area contributed by atoms with Crippen LogP contribution in [0.1, 0.15) is 21.5 Å². The molecule has 0 N–H and O–H groups in total. The first-order valence-corrected chi connectivity index (χ1v) is 9.05. The van der Waals surface area contributed by atoms with Gasteiger partial charge in [-0.25, -0.2) is 0 Å². The minimum Gasteiger partial charge on any atom is -0.379 e. The fraction of sp³-hybridized carbons (Fsp3) is 0. The summed E-state index contributed by atoms with van der Waals surface area (Å²) in [6, 6.07) is 22.2. The zero-order valence-corrected chi connectivity index (χ0v) is 14.3. The number of nitriles is 1. The Kier molecular flexibility index (Phi) is 4.83. The first-order valence-electron chi connectivity index (χ1n) is 7.65. The van der Waals surface area contributed by atoms with Gasteiger partial charge in [0, 0.05) is 11.1 Å². The first-order chi connectivity index (χ1) is 12.5. The molecule has 5 nitrogen and oxygen atoms in total. The maximum atomic E-state index is 12.4. The SMILES string of the molecule is N#Cc1ccccc1S(=O)(=O)Oc1ccc(C(=O)c2ccccc2)cc1. The normalized spacial score (nSPS) is 10.7. The fourth-order valence-corrected chi connectivity index (χ4v) is 3.45. The Morgan fingerprint density at radius 3 is 2.04 bits per heavy atom. The largest absolute Gasteiger partial charge is 0.379 e. The summed E-state index contributed by atoms with van der Waals surface area (Å²) in [4.78, 5) is 12.2. The lowest BCUT2D eigenvalue weighted by atomic mass is 10.0. The summed E-state index contributed by atoms with van der Waals surface area (Å²) < 4.78 is 29.8. The van der Waals surface area contributed by atoms with Gasteiger partial charge in [0.15, 0.2) is 5.78 Å². The molecule has 0 atom stereocenters. The van der Waals surface area contributed by atoms with Crippen LogP contribution in [0.2, 0.25) is 0 Å². The summed E-state index contributed by atoms with van der Waals surface area (Å²) in [6.45, 7) is 0. The summed E-state index contributed by atoms with van der Waals surface area (Å²) in [5.41, 5.74) is 0.957. The van der Waals surface area contributed by atoms with Crippen LogP contribution in [0.5, 0.6) is 5.75 Å². The molecule has 0 aliphatic rings. The van der Waals surface area contributed by atoms with Crippen LogP contribution in [-0.2, 0) is 10.1 Å². The van der Waals surface area contributed by atoms with Crippen LogP contribution in [-0.4, -0.2) is 14.2 Å². The summed E-state index contributed by atoms with van der Waals surface area (Å²) in [6.07, 6.45) is 0. The van der Waals surface area contributed by atoms with Crippen molar-refractivity contribution in [3.8, 4) is 11.8 Å². The molecule has 3 aromatic carbocycles. The maximum absolute atomic E-state index is 12.4. The lowest BCUT2D eigenvalue weighted by Gasteiger charge is -2.09. The molecule has 0 fully saturated rings. The van der Waals surface area contributed by atoms with Crippen LogP contribution >= 0.6 is 0 Å². The number of carbonyl (C=O) groups is 1. The second-order valence-corrected chi connectivity index (χ2v) is 6.88. The molecule has 0 heterocycles. The van der Waals surface area contributed by atoms with Crippen molar-refractivity contribution in [1.29, 1.82) is 5.26 Å². The number of carbonyl (C=O) groups excluding carboxylic acids is 1. The fourth-order valence-electron chi connectivity index (χ4n) is 2.37. The highest BCUT2D eigenvalue weighted by Gasteiger charge is 2.20. The highest BCUT2D eigenvalue weighted by Crippen LogP contribution is 2.22. The Balaban J connectivity index is 1.84. The molecule has 0 saturated heterocycles. The van der Waals surface area contributed by atoms with Crippen molar-refractivity contribution in [2.75, 3.05) is 0 Å². The monoisotopic (exact) mass is 363 g/mol. The average Bonchev–Trinajstić information content (AvgIpc) is 2.68. The minimum absolute atomic E-state index is 0.00313. The Morgan fingerprint density at radius 2 is 1.38 bits per heavy atom. The number of hydrogen-bond acceptors (Lipinski definition) is 5. The third-order valence-corrected chi connectivity index (χ3v) is 4.94. The second kappa shape index (κ2) is 7.21. The van der Waals surface area contributed by atoms with Gasteiger partial charge in [0.25, 0.3) is 0 Å². The Morgan fingerprint density at radius 1 is 0.808 bits per heavy atom. The van der Waals surface area contributed by atoms with Crippen LogP contribution in [0.4, 0.5) is 0 Å². The van der Waals surface area contributed by atoms with Gasteiger partial charge in [-0.2, -0.15) is 13.7 Å². The molecule has 26 heavy (non-hydrogen) atoms. The van der Waals surface area contributed by atoms with E-state index in [-0.39, 0.29) is 22.0 Å². The van der Waals surface area contributed by atoms with Gasteiger partial charge >= 0.3 is 10.1 Å². The molecule has 0 aromatic heterocycles. The van der Waals surface area contributed by atoms with Crippen molar-refractivity contribution in [2.24, 2.45) is 0 Å². The molecule has 0 saturated carbocycles. The number of hydrogen-bond donors (Lipinski definition) is 0. The van der Waals surface area contributed by atoms with Crippen LogP contribution in [0.25, 0.3) is 0 Å². The van der Waals surface area contributed by atoms with Crippen molar-refractivity contribution < 1.29 is 17.4 Å². The third kappa shape index (κ3) is 3.63. The van der Waals surface area contributed by atoms with Crippen molar-refractivity contribution in [3.05, 3.63) is 95.6 Å². The Bertz CT molecular complexity index is 1080. The highest BCUT2D eigenvalue weighted by atomic mass is 32.2. The lowest BCUT2D eigenvalue weighted by Crippen LogP contribution is -2.11. The summed E-state index contributed by atoms with van der Waals surface area (Å²) in [5.74, 6) is -0.114. The molecular formula is C20H13NO4S. The van der Waals surface area contributed by atoms with E-state index < -0.39 is 10.1 Å². The molecule has 0 amide bonds. The van der Waals surface area contributed by atoms with E-state index in [9.17, 15) is 13.2 Å². The number of nitrogens with zero attached hydrogens (tertiary/aromatic N) is 1. The van der Waals surface area contributed by atoms with Crippen LogP contribution < -0.4 is 4.18 Å². The zero-order chi connectivity index (χ0) is 18.6. The van der Waals surface area contributed by atoms with Gasteiger partial charge in [-0.3, -0.25) is 4.79 Å². The van der Waals surface area contributed by atoms with Gasteiger partial charge in [-0.05, 0) is 36.4 Å². The Hall–Kier alpha value is -3.43.